The highest BCUT2D eigenvalue weighted by Crippen LogP contribution is 2.39. The lowest BCUT2D eigenvalue weighted by Gasteiger charge is -2.34. The zero-order valence-corrected chi connectivity index (χ0v) is 17.9. The van der Waals surface area contributed by atoms with Crippen molar-refractivity contribution in [2.24, 2.45) is 5.92 Å². The third-order valence-electron chi connectivity index (χ3n) is 4.62. The molecule has 1 aliphatic rings. The summed E-state index contributed by atoms with van der Waals surface area (Å²) in [4.78, 5) is 32.6. The molecule has 2 aromatic rings. The normalized spacial score (nSPS) is 16.1. The van der Waals surface area contributed by atoms with Crippen molar-refractivity contribution >= 4 is 28.8 Å². The van der Waals surface area contributed by atoms with E-state index in [2.05, 4.69) is 10.3 Å². The van der Waals surface area contributed by atoms with Gasteiger partial charge in [-0.15, -0.1) is 11.3 Å². The van der Waals surface area contributed by atoms with Gasteiger partial charge in [0.15, 0.2) is 6.10 Å². The number of carbonyl (C=O) groups excluding carboxylic acids is 2. The number of thiazole rings is 1. The fourth-order valence-electron chi connectivity index (χ4n) is 3.21. The van der Waals surface area contributed by atoms with Gasteiger partial charge in [0, 0.05) is 17.0 Å². The van der Waals surface area contributed by atoms with Gasteiger partial charge in [0.25, 0.3) is 5.91 Å². The Kier molecular flexibility index (Phi) is 6.03. The van der Waals surface area contributed by atoms with E-state index in [1.807, 2.05) is 52.8 Å². The lowest BCUT2D eigenvalue weighted by atomic mass is 10.1. The van der Waals surface area contributed by atoms with Crippen LogP contribution in [0.25, 0.3) is 11.3 Å². The van der Waals surface area contributed by atoms with Crippen LogP contribution < -0.4 is 15.0 Å². The SMILES string of the molecule is CCC1Oc2ccc(-c3nc(C)sc3C)cc2N(CC(=O)NCC(C)C)C1=O. The average molecular weight is 402 g/mol. The van der Waals surface area contributed by atoms with Crippen LogP contribution in [-0.4, -0.2) is 36.0 Å². The van der Waals surface area contributed by atoms with Crippen molar-refractivity contribution in [3.63, 3.8) is 0 Å². The summed E-state index contributed by atoms with van der Waals surface area (Å²) >= 11 is 1.64. The van der Waals surface area contributed by atoms with Gasteiger partial charge in [-0.2, -0.15) is 0 Å². The summed E-state index contributed by atoms with van der Waals surface area (Å²) < 4.78 is 5.89. The van der Waals surface area contributed by atoms with Gasteiger partial charge in [-0.3, -0.25) is 14.5 Å². The lowest BCUT2D eigenvalue weighted by Crippen LogP contribution is -2.49. The number of amides is 2. The molecule has 6 nitrogen and oxygen atoms in total. The first-order chi connectivity index (χ1) is 13.3. The number of aryl methyl sites for hydroxylation is 2. The molecule has 0 aliphatic carbocycles. The van der Waals surface area contributed by atoms with E-state index in [-0.39, 0.29) is 18.4 Å². The maximum absolute atomic E-state index is 12.9. The molecule has 1 aliphatic heterocycles. The minimum atomic E-state index is -0.570. The van der Waals surface area contributed by atoms with E-state index in [1.54, 1.807) is 16.2 Å². The minimum Gasteiger partial charge on any atom is -0.478 e. The summed E-state index contributed by atoms with van der Waals surface area (Å²) in [5, 5.41) is 3.88. The monoisotopic (exact) mass is 401 g/mol. The molecule has 0 spiro atoms. The Bertz CT molecular complexity index is 891. The van der Waals surface area contributed by atoms with Crippen LogP contribution in [0.2, 0.25) is 0 Å². The number of rotatable bonds is 6. The summed E-state index contributed by atoms with van der Waals surface area (Å²) in [7, 11) is 0. The number of nitrogens with one attached hydrogen (secondary N) is 1. The van der Waals surface area contributed by atoms with Crippen LogP contribution in [0.4, 0.5) is 5.69 Å². The molecule has 150 valence electrons. The summed E-state index contributed by atoms with van der Waals surface area (Å²) in [5.74, 6) is 0.618. The van der Waals surface area contributed by atoms with Crippen molar-refractivity contribution in [3.05, 3.63) is 28.1 Å². The number of carbonyl (C=O) groups is 2. The molecule has 28 heavy (non-hydrogen) atoms. The first-order valence-electron chi connectivity index (χ1n) is 9.63. The van der Waals surface area contributed by atoms with Gasteiger partial charge in [0.05, 0.1) is 16.4 Å². The molecule has 2 heterocycles. The van der Waals surface area contributed by atoms with Crippen molar-refractivity contribution in [1.82, 2.24) is 10.3 Å². The molecule has 1 unspecified atom stereocenters. The van der Waals surface area contributed by atoms with Crippen LogP contribution >= 0.6 is 11.3 Å². The third kappa shape index (κ3) is 4.19. The molecule has 1 aromatic heterocycles. The van der Waals surface area contributed by atoms with E-state index in [0.717, 1.165) is 21.1 Å². The number of anilines is 1. The number of hydrogen-bond acceptors (Lipinski definition) is 5. The molecular formula is C21H27N3O3S. The predicted octanol–water partition coefficient (Wildman–Crippen LogP) is 3.70. The Balaban J connectivity index is 1.95. The Morgan fingerprint density at radius 3 is 2.71 bits per heavy atom. The van der Waals surface area contributed by atoms with Gasteiger partial charge in [0.1, 0.15) is 12.3 Å². The minimum absolute atomic E-state index is 0.0169. The Morgan fingerprint density at radius 2 is 2.11 bits per heavy atom. The van der Waals surface area contributed by atoms with Gasteiger partial charge < -0.3 is 10.1 Å². The maximum Gasteiger partial charge on any atom is 0.268 e. The standard InChI is InChI=1S/C21H27N3O3S/c1-6-17-21(26)24(11-19(25)22-10-12(2)3)16-9-15(7-8-18(16)27-17)20-13(4)28-14(5)23-20/h7-9,12,17H,6,10-11H2,1-5H3,(H,22,25). The van der Waals surface area contributed by atoms with Crippen molar-refractivity contribution < 1.29 is 14.3 Å². The highest BCUT2D eigenvalue weighted by Gasteiger charge is 2.34. The molecule has 1 N–H and O–H groups in total. The largest absolute Gasteiger partial charge is 0.478 e. The molecular weight excluding hydrogens is 374 g/mol. The van der Waals surface area contributed by atoms with E-state index in [4.69, 9.17) is 4.74 Å². The maximum atomic E-state index is 12.9. The van der Waals surface area contributed by atoms with Gasteiger partial charge in [0.2, 0.25) is 5.91 Å². The van der Waals surface area contributed by atoms with Crippen molar-refractivity contribution in [2.75, 3.05) is 18.0 Å². The summed E-state index contributed by atoms with van der Waals surface area (Å²) in [5.41, 5.74) is 2.44. The highest BCUT2D eigenvalue weighted by molar-refractivity contribution is 7.11. The quantitative estimate of drug-likeness (QED) is 0.801. The van der Waals surface area contributed by atoms with E-state index in [9.17, 15) is 9.59 Å². The Morgan fingerprint density at radius 1 is 1.36 bits per heavy atom. The van der Waals surface area contributed by atoms with E-state index in [1.165, 1.54) is 0 Å². The summed E-state index contributed by atoms with van der Waals surface area (Å²) in [6.45, 7) is 10.5. The van der Waals surface area contributed by atoms with Crippen LogP contribution in [0, 0.1) is 19.8 Å². The number of benzene rings is 1. The number of aromatic nitrogens is 1. The number of hydrogen-bond donors (Lipinski definition) is 1. The molecule has 0 bridgehead atoms. The molecule has 2 amide bonds. The smallest absolute Gasteiger partial charge is 0.268 e. The van der Waals surface area contributed by atoms with Crippen molar-refractivity contribution in [2.45, 2.75) is 47.1 Å². The molecule has 1 aromatic carbocycles. The molecule has 1 atom stereocenters. The van der Waals surface area contributed by atoms with Crippen molar-refractivity contribution in [1.29, 1.82) is 0 Å². The van der Waals surface area contributed by atoms with Crippen LogP contribution in [0.3, 0.4) is 0 Å². The zero-order chi connectivity index (χ0) is 20.4. The second-order valence-electron chi connectivity index (χ2n) is 7.46. The van der Waals surface area contributed by atoms with E-state index in [0.29, 0.717) is 30.3 Å². The first-order valence-corrected chi connectivity index (χ1v) is 10.4. The number of nitrogens with zero attached hydrogens (tertiary/aromatic N) is 2. The predicted molar refractivity (Wildman–Crippen MR) is 112 cm³/mol. The van der Waals surface area contributed by atoms with Crippen LogP contribution in [0.5, 0.6) is 5.75 Å². The first kappa shape index (κ1) is 20.3. The van der Waals surface area contributed by atoms with Gasteiger partial charge in [-0.05, 0) is 44.4 Å². The molecule has 0 saturated carbocycles. The molecule has 7 heteroatoms. The second-order valence-corrected chi connectivity index (χ2v) is 8.86. The topological polar surface area (TPSA) is 71.5 Å². The second kappa shape index (κ2) is 8.31. The fourth-order valence-corrected chi connectivity index (χ4v) is 4.05. The van der Waals surface area contributed by atoms with Crippen LogP contribution in [0.1, 0.15) is 37.1 Å². The average Bonchev–Trinajstić information content (AvgIpc) is 2.99. The number of fused-ring (bicyclic) bond motifs is 1. The van der Waals surface area contributed by atoms with Crippen LogP contribution in [-0.2, 0) is 9.59 Å². The van der Waals surface area contributed by atoms with E-state index < -0.39 is 6.10 Å². The van der Waals surface area contributed by atoms with Crippen LogP contribution in [0.15, 0.2) is 18.2 Å². The Labute approximate surface area is 169 Å². The van der Waals surface area contributed by atoms with Gasteiger partial charge in [-0.25, -0.2) is 4.98 Å². The third-order valence-corrected chi connectivity index (χ3v) is 5.50. The highest BCUT2D eigenvalue weighted by atomic mass is 32.1. The zero-order valence-electron chi connectivity index (χ0n) is 17.0. The molecule has 3 rings (SSSR count). The van der Waals surface area contributed by atoms with Crippen molar-refractivity contribution in [3.8, 4) is 17.0 Å². The van der Waals surface area contributed by atoms with Gasteiger partial charge >= 0.3 is 0 Å². The van der Waals surface area contributed by atoms with Gasteiger partial charge in [-0.1, -0.05) is 20.8 Å². The number of ether oxygens (including phenoxy) is 1. The van der Waals surface area contributed by atoms with E-state index >= 15 is 0 Å². The Hall–Kier alpha value is -2.41. The molecule has 0 saturated heterocycles. The summed E-state index contributed by atoms with van der Waals surface area (Å²) in [6.07, 6.45) is -0.0198. The lowest BCUT2D eigenvalue weighted by molar-refractivity contribution is -0.129. The fraction of sp³-hybridized carbons (Fsp3) is 0.476. The molecule has 0 fully saturated rings. The molecule has 0 radical (unpaired) electrons. The summed E-state index contributed by atoms with van der Waals surface area (Å²) in [6, 6.07) is 5.73.